The summed E-state index contributed by atoms with van der Waals surface area (Å²) in [5.74, 6) is -1.44. The first-order chi connectivity index (χ1) is 12.4. The standard InChI is InChI=1S/C18H21Br2N3O4/c1-8-13(16(25)27-18(3,4)5)14(23-17(26)21-8)10-6-11(19)15(12(20)7-10)22-9(2)24/h6-7,13-14H,1-5H3,(H,22,24)(H,23,26). The van der Waals surface area contributed by atoms with Crippen LogP contribution in [0.15, 0.2) is 26.1 Å². The SMILES string of the molecule is CC(=O)Nc1c(Br)cc(C2NC(=O)N=C(C)C2C(=O)OC(C)(C)C)cc1Br. The Morgan fingerprint density at radius 3 is 2.26 bits per heavy atom. The Kier molecular flexibility index (Phi) is 6.47. The molecule has 1 aromatic carbocycles. The summed E-state index contributed by atoms with van der Waals surface area (Å²) in [6.45, 7) is 8.39. The molecule has 0 aromatic heterocycles. The molecule has 0 bridgehead atoms. The van der Waals surface area contributed by atoms with Crippen molar-refractivity contribution in [3.8, 4) is 0 Å². The van der Waals surface area contributed by atoms with Crippen LogP contribution < -0.4 is 10.6 Å². The number of amides is 3. The minimum atomic E-state index is -0.757. The molecular formula is C18H21Br2N3O4. The van der Waals surface area contributed by atoms with Crippen molar-refractivity contribution in [2.75, 3.05) is 5.32 Å². The number of aliphatic imine (C=N–C) groups is 1. The maximum Gasteiger partial charge on any atom is 0.341 e. The average Bonchev–Trinajstić information content (AvgIpc) is 2.47. The van der Waals surface area contributed by atoms with E-state index in [1.165, 1.54) is 6.92 Å². The zero-order valence-electron chi connectivity index (χ0n) is 15.6. The number of anilines is 1. The van der Waals surface area contributed by atoms with Crippen LogP contribution in [0.3, 0.4) is 0 Å². The number of benzene rings is 1. The minimum absolute atomic E-state index is 0.218. The van der Waals surface area contributed by atoms with Gasteiger partial charge in [-0.3, -0.25) is 9.59 Å². The van der Waals surface area contributed by atoms with E-state index in [1.807, 2.05) is 0 Å². The number of carbonyl (C=O) groups is 3. The largest absolute Gasteiger partial charge is 0.459 e. The second-order valence-electron chi connectivity index (χ2n) is 7.23. The number of nitrogens with one attached hydrogen (secondary N) is 2. The highest BCUT2D eigenvalue weighted by Gasteiger charge is 2.39. The Balaban J connectivity index is 2.47. The van der Waals surface area contributed by atoms with Crippen LogP contribution in [-0.2, 0) is 14.3 Å². The van der Waals surface area contributed by atoms with E-state index in [4.69, 9.17) is 4.74 Å². The molecule has 0 fully saturated rings. The van der Waals surface area contributed by atoms with Gasteiger partial charge < -0.3 is 15.4 Å². The molecule has 2 N–H and O–H groups in total. The van der Waals surface area contributed by atoms with Crippen molar-refractivity contribution < 1.29 is 19.1 Å². The van der Waals surface area contributed by atoms with E-state index in [0.29, 0.717) is 25.9 Å². The molecule has 3 amide bonds. The van der Waals surface area contributed by atoms with Crippen molar-refractivity contribution in [1.82, 2.24) is 5.32 Å². The summed E-state index contributed by atoms with van der Waals surface area (Å²) in [5.41, 5.74) is 0.949. The summed E-state index contributed by atoms with van der Waals surface area (Å²) < 4.78 is 6.74. The summed E-state index contributed by atoms with van der Waals surface area (Å²) >= 11 is 6.85. The first-order valence-electron chi connectivity index (χ1n) is 8.24. The van der Waals surface area contributed by atoms with Gasteiger partial charge in [-0.25, -0.2) is 9.79 Å². The molecule has 27 heavy (non-hydrogen) atoms. The van der Waals surface area contributed by atoms with Gasteiger partial charge in [0.05, 0.1) is 11.7 Å². The van der Waals surface area contributed by atoms with Gasteiger partial charge in [0.25, 0.3) is 0 Å². The molecule has 2 unspecified atom stereocenters. The van der Waals surface area contributed by atoms with Crippen LogP contribution in [0.4, 0.5) is 10.5 Å². The smallest absolute Gasteiger partial charge is 0.341 e. The molecule has 0 saturated carbocycles. The third kappa shape index (κ3) is 5.38. The Morgan fingerprint density at radius 1 is 1.22 bits per heavy atom. The molecule has 1 aromatic rings. The van der Waals surface area contributed by atoms with E-state index in [-0.39, 0.29) is 5.91 Å². The summed E-state index contributed by atoms with van der Waals surface area (Å²) in [4.78, 5) is 40.0. The lowest BCUT2D eigenvalue weighted by Gasteiger charge is -2.32. The second kappa shape index (κ2) is 8.10. The summed E-state index contributed by atoms with van der Waals surface area (Å²) in [6, 6.07) is 2.33. The van der Waals surface area contributed by atoms with Gasteiger partial charge in [-0.1, -0.05) is 0 Å². The predicted octanol–water partition coefficient (Wildman–Crippen LogP) is 4.35. The van der Waals surface area contributed by atoms with Gasteiger partial charge in [0.2, 0.25) is 5.91 Å². The highest BCUT2D eigenvalue weighted by molar-refractivity contribution is 9.11. The van der Waals surface area contributed by atoms with Crippen LogP contribution in [0.1, 0.15) is 46.2 Å². The maximum absolute atomic E-state index is 12.8. The first kappa shape index (κ1) is 21.6. The fourth-order valence-electron chi connectivity index (χ4n) is 2.73. The van der Waals surface area contributed by atoms with Crippen LogP contribution in [0.25, 0.3) is 0 Å². The molecule has 0 radical (unpaired) electrons. The Labute approximate surface area is 174 Å². The van der Waals surface area contributed by atoms with Crippen molar-refractivity contribution in [3.05, 3.63) is 26.6 Å². The molecule has 7 nitrogen and oxygen atoms in total. The number of esters is 1. The van der Waals surface area contributed by atoms with Gasteiger partial charge in [0, 0.05) is 21.6 Å². The van der Waals surface area contributed by atoms with Crippen molar-refractivity contribution >= 4 is 61.2 Å². The highest BCUT2D eigenvalue weighted by Crippen LogP contribution is 2.37. The Hall–Kier alpha value is -1.74. The van der Waals surface area contributed by atoms with Crippen LogP contribution >= 0.6 is 31.9 Å². The monoisotopic (exact) mass is 501 g/mol. The van der Waals surface area contributed by atoms with Crippen molar-refractivity contribution in [1.29, 1.82) is 0 Å². The van der Waals surface area contributed by atoms with E-state index in [1.54, 1.807) is 39.8 Å². The van der Waals surface area contributed by atoms with E-state index in [2.05, 4.69) is 47.5 Å². The van der Waals surface area contributed by atoms with Crippen molar-refractivity contribution in [3.63, 3.8) is 0 Å². The van der Waals surface area contributed by atoms with Gasteiger partial charge in [-0.05, 0) is 77.3 Å². The number of halogens is 2. The van der Waals surface area contributed by atoms with Crippen LogP contribution in [-0.4, -0.2) is 29.2 Å². The summed E-state index contributed by atoms with van der Waals surface area (Å²) in [5, 5.41) is 5.46. The number of hydrogen-bond acceptors (Lipinski definition) is 4. The number of ether oxygens (including phenoxy) is 1. The molecule has 1 aliphatic rings. The molecule has 0 spiro atoms. The lowest BCUT2D eigenvalue weighted by Crippen LogP contribution is -2.45. The fourth-order valence-corrected chi connectivity index (χ4v) is 4.16. The molecule has 146 valence electrons. The number of hydrogen-bond donors (Lipinski definition) is 2. The molecule has 1 aliphatic heterocycles. The van der Waals surface area contributed by atoms with Crippen molar-refractivity contribution in [2.24, 2.45) is 10.9 Å². The predicted molar refractivity (Wildman–Crippen MR) is 110 cm³/mol. The summed E-state index contributed by atoms with van der Waals surface area (Å²) in [7, 11) is 0. The molecule has 2 rings (SSSR count). The minimum Gasteiger partial charge on any atom is -0.459 e. The molecule has 2 atom stereocenters. The van der Waals surface area contributed by atoms with Crippen LogP contribution in [0, 0.1) is 5.92 Å². The van der Waals surface area contributed by atoms with Gasteiger partial charge in [0.1, 0.15) is 11.5 Å². The molecule has 0 saturated heterocycles. The van der Waals surface area contributed by atoms with Gasteiger partial charge >= 0.3 is 12.0 Å². The van der Waals surface area contributed by atoms with E-state index in [0.717, 1.165) is 0 Å². The van der Waals surface area contributed by atoms with E-state index < -0.39 is 29.6 Å². The van der Waals surface area contributed by atoms with E-state index in [9.17, 15) is 14.4 Å². The van der Waals surface area contributed by atoms with Gasteiger partial charge in [-0.2, -0.15) is 0 Å². The lowest BCUT2D eigenvalue weighted by atomic mass is 9.88. The van der Waals surface area contributed by atoms with Gasteiger partial charge in [-0.15, -0.1) is 0 Å². The topological polar surface area (TPSA) is 96.9 Å². The lowest BCUT2D eigenvalue weighted by molar-refractivity contribution is -0.158. The third-order valence-corrected chi connectivity index (χ3v) is 4.98. The molecule has 0 aliphatic carbocycles. The highest BCUT2D eigenvalue weighted by atomic mass is 79.9. The fraction of sp³-hybridized carbons (Fsp3) is 0.444. The van der Waals surface area contributed by atoms with E-state index >= 15 is 0 Å². The third-order valence-electron chi connectivity index (χ3n) is 3.73. The molecule has 1 heterocycles. The van der Waals surface area contributed by atoms with Crippen LogP contribution in [0.2, 0.25) is 0 Å². The molecular weight excluding hydrogens is 482 g/mol. The summed E-state index contributed by atoms with van der Waals surface area (Å²) in [6.07, 6.45) is 0. The van der Waals surface area contributed by atoms with Crippen molar-refractivity contribution in [2.45, 2.75) is 46.3 Å². The van der Waals surface area contributed by atoms with Crippen LogP contribution in [0.5, 0.6) is 0 Å². The number of nitrogens with zero attached hydrogens (tertiary/aromatic N) is 1. The quantitative estimate of drug-likeness (QED) is 0.600. The maximum atomic E-state index is 12.8. The second-order valence-corrected chi connectivity index (χ2v) is 8.94. The number of carbonyl (C=O) groups excluding carboxylic acids is 3. The zero-order chi connectivity index (χ0) is 20.5. The normalized spacial score (nSPS) is 19.8. The number of rotatable bonds is 3. The first-order valence-corrected chi connectivity index (χ1v) is 9.82. The number of urea groups is 1. The molecule has 9 heteroatoms. The average molecular weight is 503 g/mol. The zero-order valence-corrected chi connectivity index (χ0v) is 18.8. The Bertz CT molecular complexity index is 807. The van der Waals surface area contributed by atoms with Gasteiger partial charge in [0.15, 0.2) is 0 Å². The Morgan fingerprint density at radius 2 is 1.78 bits per heavy atom.